The van der Waals surface area contributed by atoms with E-state index in [0.717, 1.165) is 47.0 Å². The van der Waals surface area contributed by atoms with E-state index in [1.54, 1.807) is 15.9 Å². The molecule has 238 valence electrons. The summed E-state index contributed by atoms with van der Waals surface area (Å²) in [5.41, 5.74) is 5.57. The summed E-state index contributed by atoms with van der Waals surface area (Å²) in [5.74, 6) is -1.44. The van der Waals surface area contributed by atoms with Gasteiger partial charge in [-0.2, -0.15) is 5.26 Å². The van der Waals surface area contributed by atoms with Crippen LogP contribution in [0.15, 0.2) is 47.4 Å². The van der Waals surface area contributed by atoms with Gasteiger partial charge in [-0.05, 0) is 87.6 Å². The SMILES string of the molecule is Cc1cc(C)c(C(=O)N2CCN(c3cccc(F)c3S(N)(=O)=O)C[C@@H]2C)c(C)c1NC1CCN(c2ccc(F)cc2C#N)CC1. The van der Waals surface area contributed by atoms with Gasteiger partial charge in [0.25, 0.3) is 5.91 Å². The maximum Gasteiger partial charge on any atom is 0.254 e. The molecule has 3 aromatic rings. The lowest BCUT2D eigenvalue weighted by Gasteiger charge is -2.42. The quantitative estimate of drug-likeness (QED) is 0.397. The second-order valence-corrected chi connectivity index (χ2v) is 13.5. The summed E-state index contributed by atoms with van der Waals surface area (Å²) in [4.78, 5) is 19.2. The van der Waals surface area contributed by atoms with Gasteiger partial charge in [-0.15, -0.1) is 0 Å². The lowest BCUT2D eigenvalue weighted by Crippen LogP contribution is -2.54. The van der Waals surface area contributed by atoms with Crippen LogP contribution in [-0.4, -0.2) is 64.0 Å². The molecule has 2 aliphatic rings. The molecule has 0 bridgehead atoms. The van der Waals surface area contributed by atoms with Crippen molar-refractivity contribution >= 4 is 33.0 Å². The summed E-state index contributed by atoms with van der Waals surface area (Å²) in [6, 6.07) is 12.3. The molecule has 2 fully saturated rings. The average molecular weight is 637 g/mol. The fourth-order valence-electron chi connectivity index (χ4n) is 6.73. The van der Waals surface area contributed by atoms with Crippen LogP contribution in [0.2, 0.25) is 0 Å². The van der Waals surface area contributed by atoms with Crippen LogP contribution in [0, 0.1) is 43.7 Å². The molecule has 0 aromatic heterocycles. The summed E-state index contributed by atoms with van der Waals surface area (Å²) in [5, 5.41) is 18.5. The van der Waals surface area contributed by atoms with Crippen molar-refractivity contribution < 1.29 is 22.0 Å². The fraction of sp³-hybridized carbons (Fsp3) is 0.394. The Hall–Kier alpha value is -4.21. The number of benzene rings is 3. The first-order chi connectivity index (χ1) is 21.3. The van der Waals surface area contributed by atoms with Crippen molar-refractivity contribution in [2.24, 2.45) is 5.14 Å². The molecule has 3 aromatic carbocycles. The summed E-state index contributed by atoms with van der Waals surface area (Å²) in [6.45, 7) is 10.2. The number of nitriles is 1. The number of nitrogens with zero attached hydrogens (tertiary/aromatic N) is 4. The van der Waals surface area contributed by atoms with Crippen LogP contribution in [0.3, 0.4) is 0 Å². The van der Waals surface area contributed by atoms with E-state index in [1.807, 2.05) is 33.8 Å². The van der Waals surface area contributed by atoms with Gasteiger partial charge in [0.05, 0.1) is 16.9 Å². The molecule has 0 radical (unpaired) electrons. The van der Waals surface area contributed by atoms with E-state index in [9.17, 15) is 27.3 Å². The second kappa shape index (κ2) is 12.7. The van der Waals surface area contributed by atoms with Crippen LogP contribution in [-0.2, 0) is 10.0 Å². The van der Waals surface area contributed by atoms with Crippen molar-refractivity contribution in [2.45, 2.75) is 57.5 Å². The second-order valence-electron chi connectivity index (χ2n) is 12.0. The standard InChI is InChI=1S/C33H38F2N6O3S/c1-20-16-21(2)31(38-26-10-12-39(13-11-26)28-9-8-25(34)17-24(28)18-36)23(4)30(20)33(42)41-15-14-40(19-22(41)3)29-7-5-6-27(35)32(29)45(37,43)44/h5-9,16-17,22,26,38H,10-15,19H2,1-4H3,(H2,37,43,44)/t22-/m0/s1. The molecule has 0 saturated carbocycles. The molecule has 1 atom stereocenters. The van der Waals surface area contributed by atoms with E-state index in [0.29, 0.717) is 43.9 Å². The zero-order valence-electron chi connectivity index (χ0n) is 25.9. The number of nitrogens with one attached hydrogen (secondary N) is 1. The first kappa shape index (κ1) is 32.2. The highest BCUT2D eigenvalue weighted by atomic mass is 32.2. The molecule has 0 spiro atoms. The third-order valence-electron chi connectivity index (χ3n) is 8.91. The number of hydrogen-bond acceptors (Lipinski definition) is 7. The van der Waals surface area contributed by atoms with Crippen LogP contribution >= 0.6 is 0 Å². The van der Waals surface area contributed by atoms with Crippen LogP contribution < -0.4 is 20.3 Å². The van der Waals surface area contributed by atoms with Crippen molar-refractivity contribution in [2.75, 3.05) is 47.8 Å². The molecule has 0 unspecified atom stereocenters. The molecule has 12 heteroatoms. The number of carbonyl (C=O) groups excluding carboxylic acids is 1. The van der Waals surface area contributed by atoms with E-state index in [1.165, 1.54) is 24.3 Å². The van der Waals surface area contributed by atoms with Crippen molar-refractivity contribution in [3.05, 3.63) is 81.9 Å². The van der Waals surface area contributed by atoms with E-state index in [2.05, 4.69) is 16.3 Å². The molecule has 45 heavy (non-hydrogen) atoms. The Morgan fingerprint density at radius 3 is 2.33 bits per heavy atom. The number of aryl methyl sites for hydroxylation is 2. The number of piperazine rings is 1. The number of halogens is 2. The summed E-state index contributed by atoms with van der Waals surface area (Å²) >= 11 is 0. The first-order valence-electron chi connectivity index (χ1n) is 15.0. The highest BCUT2D eigenvalue weighted by molar-refractivity contribution is 7.89. The van der Waals surface area contributed by atoms with Gasteiger partial charge in [0.1, 0.15) is 22.6 Å². The zero-order valence-corrected chi connectivity index (χ0v) is 26.7. The fourth-order valence-corrected chi connectivity index (χ4v) is 7.56. The highest BCUT2D eigenvalue weighted by Gasteiger charge is 2.33. The Balaban J connectivity index is 1.31. The van der Waals surface area contributed by atoms with Gasteiger partial charge in [0.2, 0.25) is 10.0 Å². The molecule has 2 saturated heterocycles. The van der Waals surface area contributed by atoms with Gasteiger partial charge in [0, 0.05) is 56.1 Å². The number of nitrogens with two attached hydrogens (primary N) is 1. The van der Waals surface area contributed by atoms with E-state index in [4.69, 9.17) is 5.14 Å². The molecule has 0 aliphatic carbocycles. The minimum Gasteiger partial charge on any atom is -0.382 e. The minimum atomic E-state index is -4.29. The van der Waals surface area contributed by atoms with Crippen LogP contribution in [0.4, 0.5) is 25.8 Å². The molecular formula is C33H38F2N6O3S. The number of anilines is 3. The number of hydrogen-bond donors (Lipinski definition) is 2. The average Bonchev–Trinajstić information content (AvgIpc) is 2.98. The lowest BCUT2D eigenvalue weighted by atomic mass is 9.94. The topological polar surface area (TPSA) is 123 Å². The normalized spacial score (nSPS) is 17.7. The first-order valence-corrected chi connectivity index (χ1v) is 16.5. The Kier molecular flexibility index (Phi) is 9.05. The predicted octanol–water partition coefficient (Wildman–Crippen LogP) is 4.84. The summed E-state index contributed by atoms with van der Waals surface area (Å²) in [6.07, 6.45) is 1.61. The number of sulfonamides is 1. The Labute approximate surface area is 263 Å². The van der Waals surface area contributed by atoms with E-state index >= 15 is 0 Å². The number of piperidine rings is 1. The number of carbonyl (C=O) groups is 1. The van der Waals surface area contributed by atoms with Gasteiger partial charge in [-0.1, -0.05) is 12.1 Å². The van der Waals surface area contributed by atoms with E-state index < -0.39 is 26.6 Å². The zero-order chi connectivity index (χ0) is 32.6. The number of amides is 1. The number of primary sulfonamides is 1. The van der Waals surface area contributed by atoms with Crippen LogP contribution in [0.5, 0.6) is 0 Å². The van der Waals surface area contributed by atoms with E-state index in [-0.39, 0.29) is 23.7 Å². The van der Waals surface area contributed by atoms with Crippen molar-refractivity contribution in [1.29, 1.82) is 5.26 Å². The maximum absolute atomic E-state index is 14.5. The minimum absolute atomic E-state index is 0.110. The van der Waals surface area contributed by atoms with Gasteiger partial charge < -0.3 is 20.0 Å². The third kappa shape index (κ3) is 6.46. The van der Waals surface area contributed by atoms with Crippen molar-refractivity contribution in [1.82, 2.24) is 4.90 Å². The lowest BCUT2D eigenvalue weighted by molar-refractivity contribution is 0.0672. The van der Waals surface area contributed by atoms with Gasteiger partial charge in [-0.25, -0.2) is 22.3 Å². The van der Waals surface area contributed by atoms with Gasteiger partial charge >= 0.3 is 0 Å². The Bertz CT molecular complexity index is 1780. The van der Waals surface area contributed by atoms with Gasteiger partial charge in [0.15, 0.2) is 0 Å². The van der Waals surface area contributed by atoms with Crippen LogP contribution in [0.1, 0.15) is 52.4 Å². The molecule has 5 rings (SSSR count). The largest absolute Gasteiger partial charge is 0.382 e. The smallest absolute Gasteiger partial charge is 0.254 e. The monoisotopic (exact) mass is 636 g/mol. The Morgan fingerprint density at radius 1 is 0.978 bits per heavy atom. The molecule has 1 amide bonds. The molecule has 3 N–H and O–H groups in total. The molecule has 2 aliphatic heterocycles. The van der Waals surface area contributed by atoms with Crippen molar-refractivity contribution in [3.8, 4) is 6.07 Å². The van der Waals surface area contributed by atoms with Gasteiger partial charge in [-0.3, -0.25) is 4.79 Å². The maximum atomic E-state index is 14.5. The van der Waals surface area contributed by atoms with Crippen LogP contribution in [0.25, 0.3) is 0 Å². The summed E-state index contributed by atoms with van der Waals surface area (Å²) in [7, 11) is -4.29. The molecule has 2 heterocycles. The van der Waals surface area contributed by atoms with Crippen molar-refractivity contribution in [3.63, 3.8) is 0 Å². The molecular weight excluding hydrogens is 598 g/mol. The third-order valence-corrected chi connectivity index (χ3v) is 9.88. The Morgan fingerprint density at radius 2 is 1.69 bits per heavy atom. The molecule has 9 nitrogen and oxygen atoms in total. The predicted molar refractivity (Wildman–Crippen MR) is 171 cm³/mol. The highest BCUT2D eigenvalue weighted by Crippen LogP contribution is 2.33. The summed E-state index contributed by atoms with van der Waals surface area (Å²) < 4.78 is 52.5. The number of rotatable bonds is 6.